The van der Waals surface area contributed by atoms with Gasteiger partial charge in [0.15, 0.2) is 0 Å². The van der Waals surface area contributed by atoms with E-state index in [1.54, 1.807) is 0 Å². The van der Waals surface area contributed by atoms with E-state index < -0.39 is 0 Å². The van der Waals surface area contributed by atoms with E-state index in [0.29, 0.717) is 13.0 Å². The molecule has 2 aromatic rings. The molecule has 28 heavy (non-hydrogen) atoms. The molecule has 0 saturated carbocycles. The minimum Gasteiger partial charge on any atom is -0.356 e. The molecule has 0 unspecified atom stereocenters. The molecule has 0 bridgehead atoms. The molecule has 156 valence electrons. The molecular weight excluding hydrogens is 346 g/mol. The van der Waals surface area contributed by atoms with Crippen molar-refractivity contribution in [2.75, 3.05) is 6.54 Å². The Bertz CT molecular complexity index is 692. The van der Waals surface area contributed by atoms with Crippen LogP contribution >= 0.6 is 0 Å². The number of nitrogens with zero attached hydrogens (tertiary/aromatic N) is 2. The normalized spacial score (nSPS) is 11.2. The highest BCUT2D eigenvalue weighted by atomic mass is 16.1. The van der Waals surface area contributed by atoms with Crippen molar-refractivity contribution in [2.45, 2.75) is 97.4 Å². The predicted molar refractivity (Wildman–Crippen MR) is 119 cm³/mol. The summed E-state index contributed by atoms with van der Waals surface area (Å²) >= 11 is 0. The van der Waals surface area contributed by atoms with Gasteiger partial charge in [0.1, 0.15) is 5.82 Å². The number of hydrogen-bond donors (Lipinski definition) is 1. The lowest BCUT2D eigenvalue weighted by Gasteiger charge is -2.10. The van der Waals surface area contributed by atoms with Gasteiger partial charge in [-0.1, -0.05) is 77.3 Å². The molecule has 4 nitrogen and oxygen atoms in total. The number of benzene rings is 1. The number of aryl methyl sites for hydroxylation is 1. The minimum atomic E-state index is 0.143. The van der Waals surface area contributed by atoms with Crippen LogP contribution in [0.15, 0.2) is 24.3 Å². The molecule has 0 spiro atoms. The van der Waals surface area contributed by atoms with E-state index in [2.05, 4.69) is 35.0 Å². The van der Waals surface area contributed by atoms with Gasteiger partial charge in [-0.3, -0.25) is 4.79 Å². The summed E-state index contributed by atoms with van der Waals surface area (Å²) in [7, 11) is 0. The van der Waals surface area contributed by atoms with Crippen LogP contribution in [-0.2, 0) is 17.8 Å². The molecule has 0 atom stereocenters. The Labute approximate surface area is 171 Å². The van der Waals surface area contributed by atoms with Crippen LogP contribution in [-0.4, -0.2) is 22.0 Å². The van der Waals surface area contributed by atoms with Gasteiger partial charge in [0.25, 0.3) is 0 Å². The summed E-state index contributed by atoms with van der Waals surface area (Å²) in [6.45, 7) is 5.99. The fourth-order valence-electron chi connectivity index (χ4n) is 3.78. The number of imidazole rings is 1. The first-order valence-electron chi connectivity index (χ1n) is 11.5. The second-order valence-electron chi connectivity index (χ2n) is 7.85. The van der Waals surface area contributed by atoms with Crippen molar-refractivity contribution < 1.29 is 4.79 Å². The van der Waals surface area contributed by atoms with Crippen LogP contribution in [0.2, 0.25) is 0 Å². The predicted octanol–water partition coefficient (Wildman–Crippen LogP) is 6.03. The highest BCUT2D eigenvalue weighted by molar-refractivity contribution is 5.76. The van der Waals surface area contributed by atoms with Gasteiger partial charge >= 0.3 is 0 Å². The molecule has 0 fully saturated rings. The number of hydrogen-bond acceptors (Lipinski definition) is 2. The Balaban J connectivity index is 1.80. The van der Waals surface area contributed by atoms with Crippen molar-refractivity contribution in [3.63, 3.8) is 0 Å². The van der Waals surface area contributed by atoms with E-state index in [4.69, 9.17) is 4.98 Å². The number of nitrogens with one attached hydrogen (secondary N) is 1. The van der Waals surface area contributed by atoms with E-state index in [-0.39, 0.29) is 5.91 Å². The fourth-order valence-corrected chi connectivity index (χ4v) is 3.78. The number of carbonyl (C=O) groups excluding carboxylic acids is 1. The van der Waals surface area contributed by atoms with Crippen LogP contribution < -0.4 is 5.32 Å². The van der Waals surface area contributed by atoms with Gasteiger partial charge < -0.3 is 9.88 Å². The van der Waals surface area contributed by atoms with E-state index >= 15 is 0 Å². The van der Waals surface area contributed by atoms with Crippen molar-refractivity contribution >= 4 is 16.9 Å². The quantitative estimate of drug-likeness (QED) is 0.381. The van der Waals surface area contributed by atoms with Crippen molar-refractivity contribution in [3.05, 3.63) is 30.1 Å². The van der Waals surface area contributed by atoms with Crippen LogP contribution in [0.5, 0.6) is 0 Å². The Morgan fingerprint density at radius 2 is 1.61 bits per heavy atom. The van der Waals surface area contributed by atoms with Crippen LogP contribution in [0.3, 0.4) is 0 Å². The number of amides is 1. The molecule has 2 rings (SSSR count). The zero-order valence-electron chi connectivity index (χ0n) is 18.0. The molecule has 1 aromatic carbocycles. The first kappa shape index (κ1) is 22.4. The summed E-state index contributed by atoms with van der Waals surface area (Å²) in [4.78, 5) is 16.5. The third-order valence-corrected chi connectivity index (χ3v) is 5.37. The van der Waals surface area contributed by atoms with Crippen LogP contribution in [0.25, 0.3) is 11.0 Å². The number of carbonyl (C=O) groups is 1. The number of fused-ring (bicyclic) bond motifs is 1. The molecule has 4 heteroatoms. The lowest BCUT2D eigenvalue weighted by atomic mass is 10.1. The van der Waals surface area contributed by atoms with Gasteiger partial charge in [-0.05, 0) is 25.0 Å². The smallest absolute Gasteiger partial charge is 0.219 e. The number of para-hydroxylation sites is 2. The standard InChI is InChI=1S/C24H39N3O/c1-3-5-6-7-8-9-10-11-14-20-27-22-17-13-12-16-21(22)26-23(27)18-19-25-24(28)15-4-2/h12-13,16-17H,3-11,14-15,18-20H2,1-2H3,(H,25,28). The molecule has 0 saturated heterocycles. The van der Waals surface area contributed by atoms with Gasteiger partial charge in [-0.2, -0.15) is 0 Å². The lowest BCUT2D eigenvalue weighted by molar-refractivity contribution is -0.121. The van der Waals surface area contributed by atoms with Gasteiger partial charge in [-0.25, -0.2) is 4.98 Å². The van der Waals surface area contributed by atoms with Gasteiger partial charge in [0, 0.05) is 25.9 Å². The monoisotopic (exact) mass is 385 g/mol. The maximum Gasteiger partial charge on any atom is 0.219 e. The molecule has 0 aliphatic carbocycles. The molecule has 0 radical (unpaired) electrons. The summed E-state index contributed by atoms with van der Waals surface area (Å²) in [5.74, 6) is 1.24. The van der Waals surface area contributed by atoms with Crippen molar-refractivity contribution in [3.8, 4) is 0 Å². The van der Waals surface area contributed by atoms with Crippen molar-refractivity contribution in [2.24, 2.45) is 0 Å². The van der Waals surface area contributed by atoms with E-state index in [0.717, 1.165) is 30.7 Å². The molecule has 1 aromatic heterocycles. The summed E-state index contributed by atoms with van der Waals surface area (Å²) in [6, 6.07) is 8.38. The average molecular weight is 386 g/mol. The summed E-state index contributed by atoms with van der Waals surface area (Å²) < 4.78 is 2.36. The maximum atomic E-state index is 11.7. The zero-order chi connectivity index (χ0) is 20.0. The topological polar surface area (TPSA) is 46.9 Å². The summed E-state index contributed by atoms with van der Waals surface area (Å²) in [5.41, 5.74) is 2.28. The first-order chi connectivity index (χ1) is 13.8. The SMILES string of the molecule is CCCCCCCCCCCn1c(CCNC(=O)CCC)nc2ccccc21. The second-order valence-corrected chi connectivity index (χ2v) is 7.85. The second kappa shape index (κ2) is 13.4. The number of aromatic nitrogens is 2. The molecule has 1 amide bonds. The zero-order valence-corrected chi connectivity index (χ0v) is 18.0. The third kappa shape index (κ3) is 7.65. The Hall–Kier alpha value is -1.84. The van der Waals surface area contributed by atoms with Crippen LogP contribution in [0.4, 0.5) is 0 Å². The van der Waals surface area contributed by atoms with Crippen molar-refractivity contribution in [1.82, 2.24) is 14.9 Å². The highest BCUT2D eigenvalue weighted by Gasteiger charge is 2.10. The van der Waals surface area contributed by atoms with E-state index in [1.165, 1.54) is 63.3 Å². The van der Waals surface area contributed by atoms with Gasteiger partial charge in [0.05, 0.1) is 11.0 Å². The highest BCUT2D eigenvalue weighted by Crippen LogP contribution is 2.18. The number of unbranched alkanes of at least 4 members (excludes halogenated alkanes) is 8. The number of rotatable bonds is 15. The Morgan fingerprint density at radius 3 is 2.32 bits per heavy atom. The lowest BCUT2D eigenvalue weighted by Crippen LogP contribution is -2.26. The minimum absolute atomic E-state index is 0.143. The molecule has 0 aliphatic heterocycles. The molecule has 1 N–H and O–H groups in total. The molecular formula is C24H39N3O. The summed E-state index contributed by atoms with van der Waals surface area (Å²) in [6.07, 6.45) is 14.4. The van der Waals surface area contributed by atoms with Crippen LogP contribution in [0, 0.1) is 0 Å². The first-order valence-corrected chi connectivity index (χ1v) is 11.5. The van der Waals surface area contributed by atoms with E-state index in [9.17, 15) is 4.79 Å². The Morgan fingerprint density at radius 1 is 0.929 bits per heavy atom. The maximum absolute atomic E-state index is 11.7. The Kier molecular flexibility index (Phi) is 10.7. The van der Waals surface area contributed by atoms with E-state index in [1.807, 2.05) is 13.0 Å². The van der Waals surface area contributed by atoms with Gasteiger partial charge in [0.2, 0.25) is 5.91 Å². The molecule has 0 aliphatic rings. The van der Waals surface area contributed by atoms with Crippen molar-refractivity contribution in [1.29, 1.82) is 0 Å². The summed E-state index contributed by atoms with van der Waals surface area (Å²) in [5, 5.41) is 3.02. The van der Waals surface area contributed by atoms with Gasteiger partial charge in [-0.15, -0.1) is 0 Å². The fraction of sp³-hybridized carbons (Fsp3) is 0.667. The molecule has 1 heterocycles. The largest absolute Gasteiger partial charge is 0.356 e. The third-order valence-electron chi connectivity index (χ3n) is 5.37. The van der Waals surface area contributed by atoms with Crippen LogP contribution in [0.1, 0.15) is 90.3 Å². The average Bonchev–Trinajstić information content (AvgIpc) is 3.04.